The molecule has 2 amide bonds. The first-order valence-electron chi connectivity index (χ1n) is 7.04. The Labute approximate surface area is 168 Å². The third kappa shape index (κ3) is 5.67. The van der Waals surface area contributed by atoms with E-state index in [9.17, 15) is 18.0 Å². The van der Waals surface area contributed by atoms with Crippen molar-refractivity contribution in [2.45, 2.75) is 11.8 Å². The van der Waals surface area contributed by atoms with Gasteiger partial charge in [0, 0.05) is 0 Å². The van der Waals surface area contributed by atoms with Gasteiger partial charge in [-0.1, -0.05) is 12.1 Å². The van der Waals surface area contributed by atoms with E-state index >= 15 is 0 Å². The van der Waals surface area contributed by atoms with Gasteiger partial charge in [0.1, 0.15) is 10.7 Å². The van der Waals surface area contributed by atoms with Crippen molar-refractivity contribution in [3.63, 3.8) is 0 Å². The Hall–Kier alpha value is -2.64. The number of carbonyl (C=O) groups is 2. The first kappa shape index (κ1) is 22.4. The van der Waals surface area contributed by atoms with E-state index in [0.29, 0.717) is 0 Å². The summed E-state index contributed by atoms with van der Waals surface area (Å²) in [4.78, 5) is 34.7. The van der Waals surface area contributed by atoms with Crippen LogP contribution in [-0.2, 0) is 14.8 Å². The molecule has 0 spiro atoms. The van der Waals surface area contributed by atoms with Crippen molar-refractivity contribution in [2.24, 2.45) is 0 Å². The second kappa shape index (κ2) is 9.34. The van der Waals surface area contributed by atoms with E-state index in [2.05, 4.69) is 25.0 Å². The molecule has 13 heteroatoms. The van der Waals surface area contributed by atoms with Crippen LogP contribution in [0.25, 0.3) is 0 Å². The van der Waals surface area contributed by atoms with Gasteiger partial charge in [-0.3, -0.25) is 5.32 Å². The van der Waals surface area contributed by atoms with Crippen LogP contribution in [0.5, 0.6) is 6.01 Å². The molecule has 0 radical (unpaired) electrons. The predicted molar refractivity (Wildman–Crippen MR) is 98.2 cm³/mol. The molecule has 0 aliphatic rings. The number of hydrogen-bond donors (Lipinski definition) is 2. The minimum atomic E-state index is -4.36. The standard InChI is InChI=1S/C14H15N5O6S.Ga.3H/c1-8-15-12(18-14(16-8)25-3)17-13(21)19-26(22,23)10-7-5-4-6-9(10)11(20)24-2;;;;/h4-7H,1-3H3,(H2,15,16,17,18,19,21);;;;. The van der Waals surface area contributed by atoms with Crippen LogP contribution in [0.1, 0.15) is 16.2 Å². The van der Waals surface area contributed by atoms with E-state index in [1.807, 2.05) is 0 Å². The van der Waals surface area contributed by atoms with Gasteiger partial charge in [-0.05, 0) is 19.1 Å². The second-order valence-corrected chi connectivity index (χ2v) is 6.39. The molecule has 2 rings (SSSR count). The zero-order valence-corrected chi connectivity index (χ0v) is 14.8. The normalized spacial score (nSPS) is 10.3. The summed E-state index contributed by atoms with van der Waals surface area (Å²) in [5.41, 5.74) is -0.215. The van der Waals surface area contributed by atoms with Crippen molar-refractivity contribution < 1.29 is 27.5 Å². The van der Waals surface area contributed by atoms with Crippen LogP contribution in [0.4, 0.5) is 10.7 Å². The molecule has 0 fully saturated rings. The van der Waals surface area contributed by atoms with Gasteiger partial charge in [-0.15, -0.1) is 0 Å². The van der Waals surface area contributed by atoms with Gasteiger partial charge >= 0.3 is 37.8 Å². The summed E-state index contributed by atoms with van der Waals surface area (Å²) in [5, 5.41) is 2.16. The molecule has 1 heterocycles. The van der Waals surface area contributed by atoms with Gasteiger partial charge < -0.3 is 9.47 Å². The van der Waals surface area contributed by atoms with Crippen LogP contribution in [0.3, 0.4) is 0 Å². The molecule has 0 aliphatic carbocycles. The van der Waals surface area contributed by atoms with E-state index < -0.39 is 26.9 Å². The van der Waals surface area contributed by atoms with E-state index in [0.717, 1.165) is 13.2 Å². The van der Waals surface area contributed by atoms with Gasteiger partial charge in [0.25, 0.3) is 10.0 Å². The van der Waals surface area contributed by atoms with E-state index in [-0.39, 0.29) is 43.1 Å². The average Bonchev–Trinajstić information content (AvgIpc) is 2.59. The molecule has 0 bridgehead atoms. The van der Waals surface area contributed by atoms with E-state index in [1.54, 1.807) is 4.72 Å². The van der Waals surface area contributed by atoms with Gasteiger partial charge in [0.15, 0.2) is 0 Å². The summed E-state index contributed by atoms with van der Waals surface area (Å²) in [5.74, 6) is -0.807. The molecule has 2 N–H and O–H groups in total. The number of benzene rings is 1. The van der Waals surface area contributed by atoms with Crippen LogP contribution in [0.15, 0.2) is 29.2 Å². The van der Waals surface area contributed by atoms with E-state index in [1.165, 1.54) is 32.2 Å². The Kier molecular flexibility index (Phi) is 7.75. The zero-order valence-electron chi connectivity index (χ0n) is 14.0. The van der Waals surface area contributed by atoms with Crippen molar-refractivity contribution in [1.82, 2.24) is 19.7 Å². The molecule has 1 aromatic carbocycles. The zero-order chi connectivity index (χ0) is 19.3. The number of aryl methyl sites for hydroxylation is 1. The fourth-order valence-corrected chi connectivity index (χ4v) is 2.99. The second-order valence-electron chi connectivity index (χ2n) is 4.74. The minimum absolute atomic E-state index is 0. The number of urea groups is 1. The number of hydrogen-bond acceptors (Lipinski definition) is 9. The first-order valence-corrected chi connectivity index (χ1v) is 8.53. The van der Waals surface area contributed by atoms with Crippen LogP contribution >= 0.6 is 0 Å². The summed E-state index contributed by atoms with van der Waals surface area (Å²) in [6, 6.07) is 4.12. The molecule has 0 aliphatic heterocycles. The number of methoxy groups -OCH3 is 2. The Morgan fingerprint density at radius 1 is 1.07 bits per heavy atom. The van der Waals surface area contributed by atoms with Crippen molar-refractivity contribution in [2.75, 3.05) is 19.5 Å². The fraction of sp³-hybridized carbons (Fsp3) is 0.214. The molecular weight excluding hydrogens is 436 g/mol. The van der Waals surface area contributed by atoms with E-state index in [4.69, 9.17) is 4.74 Å². The van der Waals surface area contributed by atoms with Crippen LogP contribution in [0, 0.1) is 6.92 Å². The number of ether oxygens (including phenoxy) is 2. The first-order chi connectivity index (χ1) is 12.3. The summed E-state index contributed by atoms with van der Waals surface area (Å²) < 4.78 is 36.0. The summed E-state index contributed by atoms with van der Waals surface area (Å²) >= 11 is 0. The third-order valence-electron chi connectivity index (χ3n) is 2.94. The third-order valence-corrected chi connectivity index (χ3v) is 4.33. The molecule has 1 aromatic heterocycles. The molecule has 27 heavy (non-hydrogen) atoms. The fourth-order valence-electron chi connectivity index (χ4n) is 1.89. The molecule has 0 unspecified atom stereocenters. The number of sulfonamides is 1. The van der Waals surface area contributed by atoms with Crippen molar-refractivity contribution in [3.8, 4) is 6.01 Å². The predicted octanol–water partition coefficient (Wildman–Crippen LogP) is -0.698. The molecule has 0 atom stereocenters. The van der Waals surface area contributed by atoms with Crippen molar-refractivity contribution in [3.05, 3.63) is 35.7 Å². The SMILES string of the molecule is COC(=O)c1ccccc1S(=O)(=O)NC(=O)Nc1nc(C)nc(OC)n1.[GaH3]. The van der Waals surface area contributed by atoms with Crippen LogP contribution in [-0.4, -0.2) is 69.4 Å². The van der Waals surface area contributed by atoms with Crippen molar-refractivity contribution in [1.29, 1.82) is 0 Å². The Morgan fingerprint density at radius 3 is 2.37 bits per heavy atom. The number of nitrogens with one attached hydrogen (secondary N) is 2. The molecule has 144 valence electrons. The maximum absolute atomic E-state index is 12.4. The number of nitrogens with zero attached hydrogens (tertiary/aromatic N) is 3. The Balaban J connectivity index is 0.00000364. The molecule has 0 saturated heterocycles. The summed E-state index contributed by atoms with van der Waals surface area (Å²) in [6.07, 6.45) is 0. The van der Waals surface area contributed by atoms with Crippen LogP contribution < -0.4 is 14.8 Å². The number of carbonyl (C=O) groups excluding carboxylic acids is 2. The van der Waals surface area contributed by atoms with Crippen LogP contribution in [0.2, 0.25) is 0 Å². The topological polar surface area (TPSA) is 149 Å². The Bertz CT molecular complexity index is 953. The number of aromatic nitrogens is 3. The maximum atomic E-state index is 12.4. The van der Waals surface area contributed by atoms with Crippen molar-refractivity contribution >= 4 is 47.8 Å². The monoisotopic (exact) mass is 453 g/mol. The van der Waals surface area contributed by atoms with Gasteiger partial charge in [0.05, 0.1) is 19.8 Å². The summed E-state index contributed by atoms with van der Waals surface area (Å²) in [7, 11) is -1.92. The average molecular weight is 454 g/mol. The summed E-state index contributed by atoms with van der Waals surface area (Å²) in [6.45, 7) is 1.54. The number of anilines is 1. The molecular formula is C14H18GaN5O6S. The molecule has 0 saturated carbocycles. The molecule has 2 aromatic rings. The molecule has 11 nitrogen and oxygen atoms in total. The van der Waals surface area contributed by atoms with Gasteiger partial charge in [0.2, 0.25) is 5.95 Å². The Morgan fingerprint density at radius 2 is 1.74 bits per heavy atom. The number of esters is 1. The quantitative estimate of drug-likeness (QED) is 0.442. The van der Waals surface area contributed by atoms with Gasteiger partial charge in [-0.25, -0.2) is 22.7 Å². The number of amides is 2. The van der Waals surface area contributed by atoms with Gasteiger partial charge in [-0.2, -0.15) is 15.0 Å². The number of rotatable bonds is 5.